The molecule has 2 fully saturated rings. The lowest BCUT2D eigenvalue weighted by Crippen LogP contribution is -2.40. The lowest BCUT2D eigenvalue weighted by molar-refractivity contribution is 0.401. The minimum atomic E-state index is -3.19. The van der Waals surface area contributed by atoms with Crippen LogP contribution < -0.4 is 10.5 Å². The van der Waals surface area contributed by atoms with Gasteiger partial charge in [0.2, 0.25) is 10.0 Å². The molecule has 3 N–H and O–H groups in total. The van der Waals surface area contributed by atoms with Crippen LogP contribution in [0.25, 0.3) is 0 Å². The molecule has 0 aromatic carbocycles. The first kappa shape index (κ1) is 12.3. The number of rotatable bonds is 7. The van der Waals surface area contributed by atoms with Gasteiger partial charge < -0.3 is 5.73 Å². The van der Waals surface area contributed by atoms with Gasteiger partial charge in [0.05, 0.1) is 5.25 Å². The Kier molecular flexibility index (Phi) is 3.56. The normalized spacial score (nSPS) is 23.7. The van der Waals surface area contributed by atoms with E-state index in [1.54, 1.807) is 6.92 Å². The van der Waals surface area contributed by atoms with Gasteiger partial charge in [-0.15, -0.1) is 0 Å². The van der Waals surface area contributed by atoms with E-state index < -0.39 is 15.3 Å². The lowest BCUT2D eigenvalue weighted by Gasteiger charge is -2.18. The van der Waals surface area contributed by atoms with Gasteiger partial charge in [0.1, 0.15) is 0 Å². The number of sulfonamides is 1. The van der Waals surface area contributed by atoms with Crippen molar-refractivity contribution in [1.82, 2.24) is 4.72 Å². The van der Waals surface area contributed by atoms with Gasteiger partial charge in [0.25, 0.3) is 0 Å². The second-order valence-electron chi connectivity index (χ2n) is 5.28. The van der Waals surface area contributed by atoms with Crippen molar-refractivity contribution in [1.29, 1.82) is 0 Å². The van der Waals surface area contributed by atoms with Crippen LogP contribution in [0.2, 0.25) is 0 Å². The van der Waals surface area contributed by atoms with Gasteiger partial charge in [-0.1, -0.05) is 0 Å². The monoisotopic (exact) mass is 246 g/mol. The molecule has 2 aliphatic rings. The van der Waals surface area contributed by atoms with E-state index in [0.29, 0.717) is 12.5 Å². The molecule has 2 rings (SSSR count). The summed E-state index contributed by atoms with van der Waals surface area (Å²) in [6, 6.07) is 0. The molecule has 2 aliphatic carbocycles. The number of nitrogens with one attached hydrogen (secondary N) is 1. The smallest absolute Gasteiger partial charge is 0.215 e. The van der Waals surface area contributed by atoms with Crippen LogP contribution in [0.4, 0.5) is 0 Å². The fourth-order valence-electron chi connectivity index (χ4n) is 2.25. The van der Waals surface area contributed by atoms with Crippen LogP contribution in [-0.4, -0.2) is 26.8 Å². The van der Waals surface area contributed by atoms with Gasteiger partial charge in [0, 0.05) is 13.1 Å². The lowest BCUT2D eigenvalue weighted by atomic mass is 9.99. The van der Waals surface area contributed by atoms with Crippen LogP contribution >= 0.6 is 0 Å². The fraction of sp³-hybridized carbons (Fsp3) is 1.00. The number of hydrogen-bond donors (Lipinski definition) is 2. The maximum Gasteiger partial charge on any atom is 0.215 e. The zero-order chi connectivity index (χ0) is 11.8. The topological polar surface area (TPSA) is 72.2 Å². The van der Waals surface area contributed by atoms with Crippen molar-refractivity contribution in [3.05, 3.63) is 0 Å². The average Bonchev–Trinajstić information content (AvgIpc) is 3.08. The molecule has 0 radical (unpaired) electrons. The summed E-state index contributed by atoms with van der Waals surface area (Å²) in [5, 5.41) is -0.480. The van der Waals surface area contributed by atoms with E-state index in [1.807, 2.05) is 0 Å². The standard InChI is InChI=1S/C11H22N2O2S/c1-8(6-12)16(14,15)13-7-11(9-2-3-9)10-4-5-10/h8-11,13H,2-7,12H2,1H3. The zero-order valence-electron chi connectivity index (χ0n) is 9.85. The number of hydrogen-bond acceptors (Lipinski definition) is 3. The van der Waals surface area contributed by atoms with Gasteiger partial charge in [-0.05, 0) is 50.4 Å². The van der Waals surface area contributed by atoms with E-state index in [2.05, 4.69) is 4.72 Å². The Morgan fingerprint density at radius 3 is 2.12 bits per heavy atom. The van der Waals surface area contributed by atoms with Gasteiger partial charge in [-0.3, -0.25) is 0 Å². The maximum atomic E-state index is 11.8. The van der Waals surface area contributed by atoms with Gasteiger partial charge in [-0.2, -0.15) is 0 Å². The van der Waals surface area contributed by atoms with E-state index in [0.717, 1.165) is 11.8 Å². The second-order valence-corrected chi connectivity index (χ2v) is 7.46. The van der Waals surface area contributed by atoms with Crippen LogP contribution in [-0.2, 0) is 10.0 Å². The van der Waals surface area contributed by atoms with Crippen molar-refractivity contribution in [3.63, 3.8) is 0 Å². The Morgan fingerprint density at radius 2 is 1.75 bits per heavy atom. The van der Waals surface area contributed by atoms with Crippen molar-refractivity contribution in [2.75, 3.05) is 13.1 Å². The highest BCUT2D eigenvalue weighted by atomic mass is 32.2. The summed E-state index contributed by atoms with van der Waals surface area (Å²) in [5.41, 5.74) is 5.39. The highest BCUT2D eigenvalue weighted by molar-refractivity contribution is 7.90. The van der Waals surface area contributed by atoms with Gasteiger partial charge in [-0.25, -0.2) is 13.1 Å². The minimum Gasteiger partial charge on any atom is -0.329 e. The molecule has 0 amide bonds. The molecule has 0 aromatic heterocycles. The molecule has 0 aliphatic heterocycles. The molecule has 0 saturated heterocycles. The summed E-state index contributed by atoms with van der Waals surface area (Å²) in [6.45, 7) is 2.47. The molecule has 0 aromatic rings. The second kappa shape index (κ2) is 4.63. The van der Waals surface area contributed by atoms with Crippen molar-refractivity contribution in [2.24, 2.45) is 23.5 Å². The van der Waals surface area contributed by atoms with Crippen molar-refractivity contribution < 1.29 is 8.42 Å². The average molecular weight is 246 g/mol. The summed E-state index contributed by atoms with van der Waals surface area (Å²) in [6.07, 6.45) is 5.15. The molecule has 1 atom stereocenters. The van der Waals surface area contributed by atoms with Crippen molar-refractivity contribution in [3.8, 4) is 0 Å². The van der Waals surface area contributed by atoms with E-state index in [1.165, 1.54) is 25.7 Å². The van der Waals surface area contributed by atoms with Crippen LogP contribution in [0, 0.1) is 17.8 Å². The first-order valence-electron chi connectivity index (χ1n) is 6.23. The molecule has 4 nitrogen and oxygen atoms in total. The largest absolute Gasteiger partial charge is 0.329 e. The summed E-state index contributed by atoms with van der Waals surface area (Å²) >= 11 is 0. The first-order chi connectivity index (χ1) is 7.54. The Morgan fingerprint density at radius 1 is 1.25 bits per heavy atom. The van der Waals surface area contributed by atoms with Crippen LogP contribution in [0.5, 0.6) is 0 Å². The summed E-state index contributed by atoms with van der Waals surface area (Å²) in [4.78, 5) is 0. The van der Waals surface area contributed by atoms with Crippen LogP contribution in [0.1, 0.15) is 32.6 Å². The Labute approximate surface area is 98.0 Å². The summed E-state index contributed by atoms with van der Waals surface area (Å²) in [5.74, 6) is 2.14. The fourth-order valence-corrected chi connectivity index (χ4v) is 3.21. The Balaban J connectivity index is 1.85. The van der Waals surface area contributed by atoms with Gasteiger partial charge in [0.15, 0.2) is 0 Å². The van der Waals surface area contributed by atoms with Crippen molar-refractivity contribution >= 4 is 10.0 Å². The third kappa shape index (κ3) is 2.96. The number of nitrogens with two attached hydrogens (primary N) is 1. The predicted octanol–water partition coefficient (Wildman–Crippen LogP) is 0.689. The molecule has 0 heterocycles. The molecule has 1 unspecified atom stereocenters. The van der Waals surface area contributed by atoms with E-state index in [-0.39, 0.29) is 6.54 Å². The molecule has 2 saturated carbocycles. The van der Waals surface area contributed by atoms with Crippen LogP contribution in [0.15, 0.2) is 0 Å². The molecule has 5 heteroatoms. The summed E-state index contributed by atoms with van der Waals surface area (Å²) < 4.78 is 26.3. The molecule has 0 bridgehead atoms. The van der Waals surface area contributed by atoms with Crippen molar-refractivity contribution in [2.45, 2.75) is 37.9 Å². The van der Waals surface area contributed by atoms with Gasteiger partial charge >= 0.3 is 0 Å². The highest BCUT2D eigenvalue weighted by Gasteiger charge is 2.41. The quantitative estimate of drug-likeness (QED) is 0.694. The van der Waals surface area contributed by atoms with E-state index in [4.69, 9.17) is 5.73 Å². The Bertz CT molecular complexity index is 322. The van der Waals surface area contributed by atoms with E-state index in [9.17, 15) is 8.42 Å². The third-order valence-electron chi connectivity index (χ3n) is 3.84. The molecular weight excluding hydrogens is 224 g/mol. The Hall–Kier alpha value is -0.130. The van der Waals surface area contributed by atoms with Crippen LogP contribution in [0.3, 0.4) is 0 Å². The molecule has 0 spiro atoms. The third-order valence-corrected chi connectivity index (χ3v) is 5.66. The first-order valence-corrected chi connectivity index (χ1v) is 7.77. The molecular formula is C11H22N2O2S. The maximum absolute atomic E-state index is 11.8. The zero-order valence-corrected chi connectivity index (χ0v) is 10.7. The SMILES string of the molecule is CC(CN)S(=O)(=O)NCC(C1CC1)C1CC1. The highest BCUT2D eigenvalue weighted by Crippen LogP contribution is 2.48. The predicted molar refractivity (Wildman–Crippen MR) is 64.4 cm³/mol. The summed E-state index contributed by atoms with van der Waals surface area (Å²) in [7, 11) is -3.19. The molecule has 94 valence electrons. The molecule has 16 heavy (non-hydrogen) atoms. The van der Waals surface area contributed by atoms with E-state index >= 15 is 0 Å². The minimum absolute atomic E-state index is 0.187.